The van der Waals surface area contributed by atoms with Gasteiger partial charge in [-0.25, -0.2) is 4.98 Å². The molecule has 1 saturated heterocycles. The number of thiazole rings is 1. The van der Waals surface area contributed by atoms with Crippen molar-refractivity contribution < 1.29 is 4.79 Å². The quantitative estimate of drug-likeness (QED) is 0.584. The minimum atomic E-state index is -0.115. The van der Waals surface area contributed by atoms with E-state index >= 15 is 0 Å². The summed E-state index contributed by atoms with van der Waals surface area (Å²) >= 11 is 1.53. The Morgan fingerprint density at radius 3 is 2.77 bits per heavy atom. The van der Waals surface area contributed by atoms with Crippen LogP contribution in [-0.2, 0) is 6.54 Å². The summed E-state index contributed by atoms with van der Waals surface area (Å²) in [6.45, 7) is 1.82. The summed E-state index contributed by atoms with van der Waals surface area (Å²) in [5.74, 6) is -0.115. The molecule has 3 aromatic rings. The van der Waals surface area contributed by atoms with E-state index in [-0.39, 0.29) is 5.91 Å². The number of amides is 1. The number of anilines is 1. The molecule has 0 spiro atoms. The van der Waals surface area contributed by atoms with Crippen LogP contribution >= 0.6 is 11.3 Å². The van der Waals surface area contributed by atoms with Gasteiger partial charge in [-0.15, -0.1) is 11.3 Å². The fourth-order valence-electron chi connectivity index (χ4n) is 5.06. The van der Waals surface area contributed by atoms with E-state index in [1.165, 1.54) is 62.8 Å². The second kappa shape index (κ2) is 9.32. The van der Waals surface area contributed by atoms with Gasteiger partial charge in [0.15, 0.2) is 5.13 Å². The van der Waals surface area contributed by atoms with Crippen molar-refractivity contribution >= 4 is 22.4 Å². The van der Waals surface area contributed by atoms with Gasteiger partial charge in [-0.1, -0.05) is 19.3 Å². The molecule has 5 rings (SSSR count). The molecule has 1 N–H and O–H groups in total. The summed E-state index contributed by atoms with van der Waals surface area (Å²) in [7, 11) is 0. The summed E-state index contributed by atoms with van der Waals surface area (Å²) in [6.07, 6.45) is 14.6. The Morgan fingerprint density at radius 1 is 1.10 bits per heavy atom. The van der Waals surface area contributed by atoms with Gasteiger partial charge in [0.1, 0.15) is 5.69 Å². The molecule has 1 aliphatic carbocycles. The summed E-state index contributed by atoms with van der Waals surface area (Å²) in [5, 5.41) is 5.85. The van der Waals surface area contributed by atoms with Gasteiger partial charge in [-0.3, -0.25) is 20.0 Å². The molecule has 0 bridgehead atoms. The van der Waals surface area contributed by atoms with E-state index in [1.807, 2.05) is 35.0 Å². The summed E-state index contributed by atoms with van der Waals surface area (Å²) in [5.41, 5.74) is 2.87. The van der Waals surface area contributed by atoms with Crippen LogP contribution in [-0.4, -0.2) is 37.9 Å². The lowest BCUT2D eigenvalue weighted by Gasteiger charge is -2.34. The third-order valence-corrected chi connectivity index (χ3v) is 7.36. The number of rotatable bonds is 6. The molecule has 4 heterocycles. The van der Waals surface area contributed by atoms with Crippen molar-refractivity contribution in [3.05, 3.63) is 65.2 Å². The topological polar surface area (TPSA) is 63.1 Å². The maximum Gasteiger partial charge on any atom is 0.274 e. The highest BCUT2D eigenvalue weighted by Crippen LogP contribution is 2.38. The molecular formula is C24H29N5OS. The Hall–Kier alpha value is -2.51. The molecule has 31 heavy (non-hydrogen) atoms. The molecule has 1 atom stereocenters. The van der Waals surface area contributed by atoms with Crippen LogP contribution in [0.15, 0.2) is 48.2 Å². The molecule has 3 aromatic heterocycles. The summed E-state index contributed by atoms with van der Waals surface area (Å²) in [6, 6.07) is 8.80. The minimum Gasteiger partial charge on any atom is -0.339 e. The third-order valence-electron chi connectivity index (χ3n) is 6.59. The predicted octanol–water partition coefficient (Wildman–Crippen LogP) is 5.11. The highest BCUT2D eigenvalue weighted by Gasteiger charge is 2.33. The molecule has 162 valence electrons. The lowest BCUT2D eigenvalue weighted by Crippen LogP contribution is -2.36. The van der Waals surface area contributed by atoms with Crippen LogP contribution < -0.4 is 5.32 Å². The van der Waals surface area contributed by atoms with E-state index in [9.17, 15) is 4.79 Å². The summed E-state index contributed by atoms with van der Waals surface area (Å²) < 4.78 is 1.96. The smallest absolute Gasteiger partial charge is 0.274 e. The van der Waals surface area contributed by atoms with Gasteiger partial charge >= 0.3 is 0 Å². The molecule has 0 aromatic carbocycles. The second-order valence-electron chi connectivity index (χ2n) is 8.60. The molecule has 2 fully saturated rings. The first-order valence-corrected chi connectivity index (χ1v) is 12.2. The van der Waals surface area contributed by atoms with Gasteiger partial charge in [0, 0.05) is 36.6 Å². The lowest BCUT2D eigenvalue weighted by molar-refractivity contribution is 0.101. The van der Waals surface area contributed by atoms with E-state index in [0.29, 0.717) is 29.5 Å². The highest BCUT2D eigenvalue weighted by molar-refractivity contribution is 7.14. The van der Waals surface area contributed by atoms with Crippen molar-refractivity contribution in [3.63, 3.8) is 0 Å². The maximum atomic E-state index is 12.9. The standard InChI is InChI=1S/C24H29N5OS/c30-23(22-9-4-14-28(22)16-18-10-12-25-13-11-18)27-24-26-20(17-31-24)21-8-5-15-29(21)19-6-2-1-3-7-19/h4,9-14,17,19,21H,1-3,5-8,15-16H2,(H,26,27,30)/t21-/m1/s1. The van der Waals surface area contributed by atoms with E-state index in [4.69, 9.17) is 4.98 Å². The zero-order chi connectivity index (χ0) is 21.0. The average Bonchev–Trinajstić information content (AvgIpc) is 3.56. The lowest BCUT2D eigenvalue weighted by atomic mass is 9.93. The number of carbonyl (C=O) groups is 1. The number of hydrogen-bond donors (Lipinski definition) is 1. The van der Waals surface area contributed by atoms with Crippen LogP contribution in [0, 0.1) is 0 Å². The van der Waals surface area contributed by atoms with Gasteiger partial charge in [-0.2, -0.15) is 0 Å². The molecule has 7 heteroatoms. The molecule has 1 aliphatic heterocycles. The largest absolute Gasteiger partial charge is 0.339 e. The van der Waals surface area contributed by atoms with Gasteiger partial charge < -0.3 is 4.57 Å². The molecule has 1 saturated carbocycles. The normalized spacial score (nSPS) is 20.2. The van der Waals surface area contributed by atoms with Gasteiger partial charge in [0.2, 0.25) is 0 Å². The van der Waals surface area contributed by atoms with Crippen LogP contribution in [0.3, 0.4) is 0 Å². The average molecular weight is 436 g/mol. The van der Waals surface area contributed by atoms with Gasteiger partial charge in [0.05, 0.1) is 11.7 Å². The number of hydrogen-bond acceptors (Lipinski definition) is 5. The van der Waals surface area contributed by atoms with Crippen molar-refractivity contribution in [2.75, 3.05) is 11.9 Å². The molecule has 0 unspecified atom stereocenters. The number of likely N-dealkylation sites (tertiary alicyclic amines) is 1. The highest BCUT2D eigenvalue weighted by atomic mass is 32.1. The van der Waals surface area contributed by atoms with E-state index in [1.54, 1.807) is 12.4 Å². The fourth-order valence-corrected chi connectivity index (χ4v) is 5.81. The number of nitrogens with zero attached hydrogens (tertiary/aromatic N) is 4. The number of pyridine rings is 1. The third kappa shape index (κ3) is 4.57. The monoisotopic (exact) mass is 435 g/mol. The van der Waals surface area contributed by atoms with Crippen molar-refractivity contribution in [3.8, 4) is 0 Å². The number of aromatic nitrogens is 3. The SMILES string of the molecule is O=C(Nc1nc([C@H]2CCCN2C2CCCCC2)cs1)c1cccn1Cc1ccncc1. The first kappa shape index (κ1) is 20.4. The van der Waals surface area contributed by atoms with Crippen LogP contribution in [0.25, 0.3) is 0 Å². The molecule has 6 nitrogen and oxygen atoms in total. The Bertz CT molecular complexity index is 1010. The molecule has 1 amide bonds. The zero-order valence-electron chi connectivity index (χ0n) is 17.7. The van der Waals surface area contributed by atoms with Crippen LogP contribution in [0.5, 0.6) is 0 Å². The minimum absolute atomic E-state index is 0.115. The molecule has 0 radical (unpaired) electrons. The van der Waals surface area contributed by atoms with E-state index < -0.39 is 0 Å². The fraction of sp³-hybridized carbons (Fsp3) is 0.458. The van der Waals surface area contributed by atoms with Crippen molar-refractivity contribution in [2.45, 2.75) is 63.6 Å². The molecular weight excluding hydrogens is 406 g/mol. The van der Waals surface area contributed by atoms with Gasteiger partial charge in [-0.05, 0) is 62.1 Å². The number of carbonyl (C=O) groups excluding carboxylic acids is 1. The number of nitrogens with one attached hydrogen (secondary N) is 1. The van der Waals surface area contributed by atoms with Crippen molar-refractivity contribution in [1.82, 2.24) is 19.4 Å². The zero-order valence-corrected chi connectivity index (χ0v) is 18.6. The van der Waals surface area contributed by atoms with Crippen LogP contribution in [0.1, 0.15) is 72.7 Å². The van der Waals surface area contributed by atoms with E-state index in [0.717, 1.165) is 11.3 Å². The first-order chi connectivity index (χ1) is 15.3. The van der Waals surface area contributed by atoms with Crippen LogP contribution in [0.2, 0.25) is 0 Å². The maximum absolute atomic E-state index is 12.9. The first-order valence-electron chi connectivity index (χ1n) is 11.3. The Morgan fingerprint density at radius 2 is 1.94 bits per heavy atom. The van der Waals surface area contributed by atoms with E-state index in [2.05, 4.69) is 20.6 Å². The molecule has 2 aliphatic rings. The predicted molar refractivity (Wildman–Crippen MR) is 123 cm³/mol. The Labute approximate surface area is 187 Å². The second-order valence-corrected chi connectivity index (χ2v) is 9.45. The van der Waals surface area contributed by atoms with Crippen LogP contribution in [0.4, 0.5) is 5.13 Å². The van der Waals surface area contributed by atoms with Crippen molar-refractivity contribution in [1.29, 1.82) is 0 Å². The Balaban J connectivity index is 1.26. The Kier molecular flexibility index (Phi) is 6.13. The van der Waals surface area contributed by atoms with Gasteiger partial charge in [0.25, 0.3) is 5.91 Å². The summed E-state index contributed by atoms with van der Waals surface area (Å²) in [4.78, 5) is 24.5. The van der Waals surface area contributed by atoms with Crippen molar-refractivity contribution in [2.24, 2.45) is 0 Å².